The monoisotopic (exact) mass is 112 g/mol. The Kier molecular flexibility index (Phi) is 16.9. The molecule has 0 unspecified atom stereocenters. The molecule has 0 aliphatic heterocycles. The Labute approximate surface area is 69.2 Å². The fraction of sp³-hybridized carbons (Fsp3) is 1.00. The van der Waals surface area contributed by atoms with Crippen LogP contribution in [0.5, 0.6) is 0 Å². The second-order valence-electron chi connectivity index (χ2n) is 0.993. The molecule has 0 aliphatic rings. The Balaban J connectivity index is 0. The third-order valence-corrected chi connectivity index (χ3v) is 0.816. The van der Waals surface area contributed by atoms with Crippen LogP contribution in [0, 0.1) is 0 Å². The Morgan fingerprint density at radius 2 is 2.17 bits per heavy atom. The zero-order chi connectivity index (χ0) is 4.12. The van der Waals surface area contributed by atoms with E-state index >= 15 is 0 Å². The van der Waals surface area contributed by atoms with Crippen molar-refractivity contribution in [3.05, 3.63) is 0 Å². The van der Waals surface area contributed by atoms with Crippen LogP contribution in [0.25, 0.3) is 0 Å². The van der Waals surface area contributed by atoms with Gasteiger partial charge in [0.05, 0.1) is 0 Å². The standard InChI is InChI=1S/C3H7O.Al.Na.3H/c1-3-4-2;;;;;/h1,3H2,2H3;;;;;. The summed E-state index contributed by atoms with van der Waals surface area (Å²) in [5.74, 6) is 0. The SMILES string of the molecule is COC[CH2][AlH2].[NaH]. The third-order valence-electron chi connectivity index (χ3n) is 0.408. The minimum atomic E-state index is 0. The normalized spacial score (nSPS) is 6.83. The van der Waals surface area contributed by atoms with Crippen molar-refractivity contribution in [2.24, 2.45) is 0 Å². The van der Waals surface area contributed by atoms with Gasteiger partial charge < -0.3 is 4.74 Å². The predicted octanol–water partition coefficient (Wildman–Crippen LogP) is -0.964. The summed E-state index contributed by atoms with van der Waals surface area (Å²) in [6.07, 6.45) is 0. The molecule has 3 heteroatoms. The van der Waals surface area contributed by atoms with Crippen LogP contribution in [0.3, 0.4) is 0 Å². The third kappa shape index (κ3) is 9.09. The fourth-order valence-corrected chi connectivity index (χ4v) is 0.612. The molecule has 0 radical (unpaired) electrons. The Hall–Kier alpha value is 1.49. The van der Waals surface area contributed by atoms with Gasteiger partial charge in [0.1, 0.15) is 0 Å². The molecule has 0 rings (SSSR count). The van der Waals surface area contributed by atoms with Crippen LogP contribution in [0.4, 0.5) is 0 Å². The number of hydrogen-bond acceptors (Lipinski definition) is 1. The van der Waals surface area contributed by atoms with Gasteiger partial charge in [-0.3, -0.25) is 0 Å². The van der Waals surface area contributed by atoms with Gasteiger partial charge in [0.2, 0.25) is 16.3 Å². The van der Waals surface area contributed by atoms with Crippen molar-refractivity contribution in [3.63, 3.8) is 0 Å². The van der Waals surface area contributed by atoms with E-state index in [1.807, 2.05) is 0 Å². The molecule has 0 amide bonds. The number of rotatable bonds is 2. The number of methoxy groups -OCH3 is 1. The van der Waals surface area contributed by atoms with Gasteiger partial charge in [-0.25, -0.2) is 0 Å². The summed E-state index contributed by atoms with van der Waals surface area (Å²) in [6, 6.07) is 0. The molecule has 1 nitrogen and oxygen atoms in total. The molecule has 0 saturated heterocycles. The molecule has 0 aliphatic carbocycles. The first-order valence-electron chi connectivity index (χ1n) is 1.90. The zero-order valence-electron chi connectivity index (χ0n) is 3.82. The van der Waals surface area contributed by atoms with Crippen molar-refractivity contribution in [1.29, 1.82) is 0 Å². The van der Waals surface area contributed by atoms with Crippen molar-refractivity contribution in [2.45, 2.75) is 5.28 Å². The van der Waals surface area contributed by atoms with E-state index < -0.39 is 0 Å². The van der Waals surface area contributed by atoms with Gasteiger partial charge in [0.15, 0.2) is 0 Å². The predicted molar refractivity (Wildman–Crippen MR) is 32.4 cm³/mol. The molecule has 0 saturated carbocycles. The van der Waals surface area contributed by atoms with Crippen LogP contribution in [0.2, 0.25) is 5.28 Å². The Morgan fingerprint density at radius 3 is 2.17 bits per heavy atom. The molecule has 0 bridgehead atoms. The minimum absolute atomic E-state index is 0. The number of hydrogen-bond donors (Lipinski definition) is 0. The van der Waals surface area contributed by atoms with E-state index in [0.29, 0.717) is 0 Å². The van der Waals surface area contributed by atoms with Gasteiger partial charge in [0.25, 0.3) is 0 Å². The van der Waals surface area contributed by atoms with Gasteiger partial charge >= 0.3 is 29.6 Å². The van der Waals surface area contributed by atoms with Crippen LogP contribution >= 0.6 is 0 Å². The first-order chi connectivity index (χ1) is 2.41. The summed E-state index contributed by atoms with van der Waals surface area (Å²) >= 11 is 1.27. The summed E-state index contributed by atoms with van der Waals surface area (Å²) in [4.78, 5) is 0. The first kappa shape index (κ1) is 10.5. The van der Waals surface area contributed by atoms with Crippen molar-refractivity contribution in [2.75, 3.05) is 13.7 Å². The van der Waals surface area contributed by atoms with Gasteiger partial charge in [-0.05, 0) is 0 Å². The maximum atomic E-state index is 4.73. The van der Waals surface area contributed by atoms with Crippen LogP contribution in [0.15, 0.2) is 0 Å². The van der Waals surface area contributed by atoms with Crippen molar-refractivity contribution >= 4 is 45.8 Å². The summed E-state index contributed by atoms with van der Waals surface area (Å²) in [5, 5.41) is 1.26. The molecule has 0 heterocycles. The Morgan fingerprint density at radius 1 is 1.67 bits per heavy atom. The second kappa shape index (κ2) is 9.70. The van der Waals surface area contributed by atoms with Crippen molar-refractivity contribution in [3.8, 4) is 0 Å². The second-order valence-corrected chi connectivity index (χ2v) is 1.99. The van der Waals surface area contributed by atoms with E-state index in [1.54, 1.807) is 7.11 Å². The molecule has 0 aromatic rings. The van der Waals surface area contributed by atoms with E-state index in [4.69, 9.17) is 4.74 Å². The van der Waals surface area contributed by atoms with Crippen LogP contribution < -0.4 is 0 Å². The van der Waals surface area contributed by atoms with Crippen LogP contribution in [0.1, 0.15) is 0 Å². The molecule has 0 N–H and O–H groups in total. The average molecular weight is 112 g/mol. The molecule has 0 aromatic carbocycles. The van der Waals surface area contributed by atoms with Crippen molar-refractivity contribution < 1.29 is 4.74 Å². The topological polar surface area (TPSA) is 9.23 Å². The van der Waals surface area contributed by atoms with Crippen LogP contribution in [-0.2, 0) is 4.74 Å². The van der Waals surface area contributed by atoms with E-state index in [0.717, 1.165) is 6.61 Å². The molecular formula is C3H10AlNaO. The maximum absolute atomic E-state index is 4.73. The van der Waals surface area contributed by atoms with Gasteiger partial charge in [0, 0.05) is 13.7 Å². The summed E-state index contributed by atoms with van der Waals surface area (Å²) in [6.45, 7) is 0.951. The van der Waals surface area contributed by atoms with E-state index in [9.17, 15) is 0 Å². The average Bonchev–Trinajstić information content (AvgIpc) is 1.41. The number of ether oxygens (including phenoxy) is 1. The summed E-state index contributed by atoms with van der Waals surface area (Å²) < 4.78 is 4.73. The van der Waals surface area contributed by atoms with Crippen molar-refractivity contribution in [1.82, 2.24) is 0 Å². The molecular weight excluding hydrogens is 102 g/mol. The van der Waals surface area contributed by atoms with Gasteiger partial charge in [-0.2, -0.15) is 0 Å². The molecule has 0 atom stereocenters. The van der Waals surface area contributed by atoms with E-state index in [2.05, 4.69) is 0 Å². The Bertz CT molecular complexity index is 18.3. The molecule has 6 heavy (non-hydrogen) atoms. The van der Waals surface area contributed by atoms with Gasteiger partial charge in [-0.1, -0.05) is 5.28 Å². The van der Waals surface area contributed by atoms with Gasteiger partial charge in [-0.15, -0.1) is 0 Å². The van der Waals surface area contributed by atoms with Crippen LogP contribution in [-0.4, -0.2) is 59.6 Å². The first-order valence-corrected chi connectivity index (χ1v) is 3.32. The molecule has 32 valence electrons. The molecule has 0 fully saturated rings. The molecule has 0 spiro atoms. The zero-order valence-corrected chi connectivity index (χ0v) is 5.82. The summed E-state index contributed by atoms with van der Waals surface area (Å²) in [7, 11) is 1.73. The quantitative estimate of drug-likeness (QED) is 0.418. The van der Waals surface area contributed by atoms with E-state index in [1.165, 1.54) is 21.6 Å². The molecule has 0 aromatic heterocycles. The fourth-order valence-electron chi connectivity index (χ4n) is 0.204. The van der Waals surface area contributed by atoms with E-state index in [-0.39, 0.29) is 29.6 Å². The summed E-state index contributed by atoms with van der Waals surface area (Å²) in [5.41, 5.74) is 0.